The van der Waals surface area contributed by atoms with Crippen molar-refractivity contribution in [3.05, 3.63) is 34.6 Å². The number of nitrogens with zero attached hydrogens (tertiary/aromatic N) is 1. The molecule has 1 heterocycles. The van der Waals surface area contributed by atoms with Crippen LogP contribution in [0, 0.1) is 5.82 Å². The molecule has 0 radical (unpaired) electrons. The molecule has 1 aromatic rings. The lowest BCUT2D eigenvalue weighted by Crippen LogP contribution is -2.46. The smallest absolute Gasteiger partial charge is 0.141 e. The Morgan fingerprint density at radius 2 is 2.28 bits per heavy atom. The van der Waals surface area contributed by atoms with Crippen molar-refractivity contribution >= 4 is 11.6 Å². The van der Waals surface area contributed by atoms with Gasteiger partial charge in [-0.1, -0.05) is 17.7 Å². The van der Waals surface area contributed by atoms with Crippen molar-refractivity contribution in [1.29, 1.82) is 0 Å². The highest BCUT2D eigenvalue weighted by Crippen LogP contribution is 2.22. The van der Waals surface area contributed by atoms with Gasteiger partial charge in [0.1, 0.15) is 5.82 Å². The molecule has 2 rings (SSSR count). The standard InChI is InChI=1S/C14H20ClFN2/c1-10-7-12(17-2)5-6-18(10)9-11-3-4-14(16)13(15)8-11/h3-4,8,10,12,17H,5-7,9H2,1-2H3. The van der Waals surface area contributed by atoms with Crippen molar-refractivity contribution in [2.75, 3.05) is 13.6 Å². The zero-order valence-corrected chi connectivity index (χ0v) is 11.7. The maximum atomic E-state index is 13.1. The molecule has 1 aromatic carbocycles. The van der Waals surface area contributed by atoms with Gasteiger partial charge in [0.15, 0.2) is 0 Å². The van der Waals surface area contributed by atoms with Gasteiger partial charge in [-0.2, -0.15) is 0 Å². The van der Waals surface area contributed by atoms with Crippen LogP contribution in [0.4, 0.5) is 4.39 Å². The quantitative estimate of drug-likeness (QED) is 0.908. The van der Waals surface area contributed by atoms with Crippen LogP contribution in [0.1, 0.15) is 25.3 Å². The summed E-state index contributed by atoms with van der Waals surface area (Å²) in [6.07, 6.45) is 2.32. The predicted octanol–water partition coefficient (Wildman–Crippen LogP) is 3.05. The first kappa shape index (κ1) is 13.8. The monoisotopic (exact) mass is 270 g/mol. The largest absolute Gasteiger partial charge is 0.317 e. The van der Waals surface area contributed by atoms with E-state index in [0.29, 0.717) is 12.1 Å². The Morgan fingerprint density at radius 1 is 1.50 bits per heavy atom. The van der Waals surface area contributed by atoms with Crippen LogP contribution in [-0.4, -0.2) is 30.6 Å². The van der Waals surface area contributed by atoms with E-state index in [1.54, 1.807) is 6.07 Å². The molecule has 0 saturated carbocycles. The Morgan fingerprint density at radius 3 is 2.89 bits per heavy atom. The van der Waals surface area contributed by atoms with E-state index in [2.05, 4.69) is 17.1 Å². The molecule has 0 aliphatic carbocycles. The third-order valence-corrected chi connectivity index (χ3v) is 4.08. The van der Waals surface area contributed by atoms with Crippen LogP contribution >= 0.6 is 11.6 Å². The summed E-state index contributed by atoms with van der Waals surface area (Å²) in [7, 11) is 2.02. The highest BCUT2D eigenvalue weighted by molar-refractivity contribution is 6.30. The third-order valence-electron chi connectivity index (χ3n) is 3.79. The van der Waals surface area contributed by atoms with E-state index in [4.69, 9.17) is 11.6 Å². The maximum absolute atomic E-state index is 13.1. The summed E-state index contributed by atoms with van der Waals surface area (Å²) in [5.41, 5.74) is 1.08. The number of benzene rings is 1. The van der Waals surface area contributed by atoms with Crippen LogP contribution < -0.4 is 5.32 Å². The summed E-state index contributed by atoms with van der Waals surface area (Å²) >= 11 is 5.81. The molecule has 4 heteroatoms. The number of halogens is 2. The molecule has 18 heavy (non-hydrogen) atoms. The Hall–Kier alpha value is -0.640. The summed E-state index contributed by atoms with van der Waals surface area (Å²) in [5, 5.41) is 3.55. The lowest BCUT2D eigenvalue weighted by molar-refractivity contribution is 0.131. The summed E-state index contributed by atoms with van der Waals surface area (Å²) in [6, 6.07) is 6.15. The number of hydrogen-bond donors (Lipinski definition) is 1. The van der Waals surface area contributed by atoms with Gasteiger partial charge in [-0.15, -0.1) is 0 Å². The second kappa shape index (κ2) is 6.00. The molecule has 0 bridgehead atoms. The fraction of sp³-hybridized carbons (Fsp3) is 0.571. The molecule has 0 aromatic heterocycles. The van der Waals surface area contributed by atoms with Crippen LogP contribution in [0.25, 0.3) is 0 Å². The molecule has 2 unspecified atom stereocenters. The summed E-state index contributed by atoms with van der Waals surface area (Å²) in [4.78, 5) is 2.43. The van der Waals surface area contributed by atoms with Gasteiger partial charge < -0.3 is 5.32 Å². The van der Waals surface area contributed by atoms with E-state index in [-0.39, 0.29) is 10.8 Å². The summed E-state index contributed by atoms with van der Waals surface area (Å²) < 4.78 is 13.1. The zero-order chi connectivity index (χ0) is 13.1. The van der Waals surface area contributed by atoms with Gasteiger partial charge in [-0.3, -0.25) is 4.90 Å². The SMILES string of the molecule is CNC1CCN(Cc2ccc(F)c(Cl)c2)C(C)C1. The number of piperidine rings is 1. The third kappa shape index (κ3) is 3.22. The average Bonchev–Trinajstić information content (AvgIpc) is 2.36. The highest BCUT2D eigenvalue weighted by atomic mass is 35.5. The van der Waals surface area contributed by atoms with Gasteiger partial charge in [-0.05, 0) is 44.5 Å². The number of hydrogen-bond acceptors (Lipinski definition) is 2. The molecule has 2 nitrogen and oxygen atoms in total. The first-order chi connectivity index (χ1) is 8.60. The highest BCUT2D eigenvalue weighted by Gasteiger charge is 2.24. The Balaban J connectivity index is 1.99. The first-order valence-corrected chi connectivity index (χ1v) is 6.83. The molecular formula is C14H20ClFN2. The van der Waals surface area contributed by atoms with Crippen LogP contribution in [-0.2, 0) is 6.54 Å². The lowest BCUT2D eigenvalue weighted by atomic mass is 9.98. The number of likely N-dealkylation sites (tertiary alicyclic amines) is 1. The maximum Gasteiger partial charge on any atom is 0.141 e. The topological polar surface area (TPSA) is 15.3 Å². The predicted molar refractivity (Wildman–Crippen MR) is 73.4 cm³/mol. The molecule has 0 amide bonds. The molecule has 0 spiro atoms. The van der Waals surface area contributed by atoms with Gasteiger partial charge in [-0.25, -0.2) is 4.39 Å². The van der Waals surface area contributed by atoms with E-state index >= 15 is 0 Å². The van der Waals surface area contributed by atoms with Crippen LogP contribution in [0.5, 0.6) is 0 Å². The Labute approximate surface area is 113 Å². The van der Waals surface area contributed by atoms with Gasteiger partial charge >= 0.3 is 0 Å². The van der Waals surface area contributed by atoms with Crippen molar-refractivity contribution < 1.29 is 4.39 Å². The Kier molecular flexibility index (Phi) is 4.60. The lowest BCUT2D eigenvalue weighted by Gasteiger charge is -2.37. The van der Waals surface area contributed by atoms with E-state index < -0.39 is 0 Å². The van der Waals surface area contributed by atoms with Crippen molar-refractivity contribution in [3.63, 3.8) is 0 Å². The van der Waals surface area contributed by atoms with E-state index in [0.717, 1.165) is 31.5 Å². The molecule has 100 valence electrons. The van der Waals surface area contributed by atoms with Gasteiger partial charge in [0.05, 0.1) is 5.02 Å². The number of rotatable bonds is 3. The van der Waals surface area contributed by atoms with Gasteiger partial charge in [0.25, 0.3) is 0 Å². The van der Waals surface area contributed by atoms with Crippen molar-refractivity contribution in [1.82, 2.24) is 10.2 Å². The van der Waals surface area contributed by atoms with Gasteiger partial charge in [0.2, 0.25) is 0 Å². The van der Waals surface area contributed by atoms with Crippen molar-refractivity contribution in [2.24, 2.45) is 0 Å². The second-order valence-corrected chi connectivity index (χ2v) is 5.49. The van der Waals surface area contributed by atoms with E-state index in [1.165, 1.54) is 6.07 Å². The average molecular weight is 271 g/mol. The van der Waals surface area contributed by atoms with Crippen molar-refractivity contribution in [2.45, 2.75) is 38.4 Å². The number of nitrogens with one attached hydrogen (secondary N) is 1. The normalized spacial score (nSPS) is 25.3. The molecular weight excluding hydrogens is 251 g/mol. The first-order valence-electron chi connectivity index (χ1n) is 6.45. The Bertz CT molecular complexity index is 411. The minimum atomic E-state index is -0.345. The molecule has 1 aliphatic heterocycles. The van der Waals surface area contributed by atoms with Gasteiger partial charge in [0, 0.05) is 25.2 Å². The minimum Gasteiger partial charge on any atom is -0.317 e. The van der Waals surface area contributed by atoms with E-state index in [9.17, 15) is 4.39 Å². The van der Waals surface area contributed by atoms with E-state index in [1.807, 2.05) is 13.1 Å². The minimum absolute atomic E-state index is 0.213. The van der Waals surface area contributed by atoms with Crippen LogP contribution in [0.15, 0.2) is 18.2 Å². The van der Waals surface area contributed by atoms with Crippen LogP contribution in [0.3, 0.4) is 0 Å². The summed E-state index contributed by atoms with van der Waals surface area (Å²) in [6.45, 7) is 4.16. The fourth-order valence-electron chi connectivity index (χ4n) is 2.59. The summed E-state index contributed by atoms with van der Waals surface area (Å²) in [5.74, 6) is -0.345. The zero-order valence-electron chi connectivity index (χ0n) is 10.9. The molecule has 1 fully saturated rings. The molecule has 1 N–H and O–H groups in total. The second-order valence-electron chi connectivity index (χ2n) is 5.08. The fourth-order valence-corrected chi connectivity index (χ4v) is 2.79. The molecule has 1 saturated heterocycles. The molecule has 1 aliphatic rings. The molecule has 2 atom stereocenters. The van der Waals surface area contributed by atoms with Crippen LogP contribution in [0.2, 0.25) is 5.02 Å². The van der Waals surface area contributed by atoms with Crippen molar-refractivity contribution in [3.8, 4) is 0 Å².